The number of nitrogens with zero attached hydrogens (tertiary/aromatic N) is 2. The van der Waals surface area contributed by atoms with Crippen LogP contribution in [0.2, 0.25) is 0 Å². The number of carbonyl (C=O) groups excluding carboxylic acids is 2. The van der Waals surface area contributed by atoms with Crippen LogP contribution < -0.4 is 5.32 Å². The molecule has 0 spiro atoms. The second-order valence-electron chi connectivity index (χ2n) is 8.23. The van der Waals surface area contributed by atoms with E-state index in [1.54, 1.807) is 18.3 Å². The highest BCUT2D eigenvalue weighted by Crippen LogP contribution is 2.43. The van der Waals surface area contributed by atoms with Crippen molar-refractivity contribution in [2.45, 2.75) is 58.1 Å². The van der Waals surface area contributed by atoms with Crippen molar-refractivity contribution < 1.29 is 14.7 Å². The van der Waals surface area contributed by atoms with E-state index in [2.05, 4.69) is 24.1 Å². The van der Waals surface area contributed by atoms with E-state index in [1.165, 1.54) is 17.5 Å². The van der Waals surface area contributed by atoms with Gasteiger partial charge in [0.05, 0.1) is 17.2 Å². The Kier molecular flexibility index (Phi) is 5.69. The maximum Gasteiger partial charge on any atom is 0.257 e. The Morgan fingerprint density at radius 1 is 1.31 bits per heavy atom. The average molecular weight is 414 g/mol. The van der Waals surface area contributed by atoms with E-state index in [1.807, 2.05) is 4.90 Å². The van der Waals surface area contributed by atoms with Crippen molar-refractivity contribution in [3.8, 4) is 0 Å². The molecule has 1 fully saturated rings. The van der Waals surface area contributed by atoms with Crippen LogP contribution in [0.5, 0.6) is 0 Å². The number of aliphatic hydroxyl groups excluding tert-OH is 1. The van der Waals surface area contributed by atoms with Crippen LogP contribution in [-0.4, -0.2) is 39.4 Å². The Balaban J connectivity index is 1.70. The molecule has 2 N–H and O–H groups in total. The molecule has 4 rings (SSSR count). The summed E-state index contributed by atoms with van der Waals surface area (Å²) in [5.41, 5.74) is 1.92. The summed E-state index contributed by atoms with van der Waals surface area (Å²) in [6.07, 6.45) is 6.81. The van der Waals surface area contributed by atoms with Gasteiger partial charge in [-0.1, -0.05) is 6.92 Å². The lowest BCUT2D eigenvalue weighted by atomic mass is 9.90. The van der Waals surface area contributed by atoms with Crippen molar-refractivity contribution in [2.75, 3.05) is 11.9 Å². The molecule has 2 aliphatic rings. The lowest BCUT2D eigenvalue weighted by molar-refractivity contribution is 0.0588. The number of piperidine rings is 1. The first-order chi connectivity index (χ1) is 14.0. The predicted molar refractivity (Wildman–Crippen MR) is 113 cm³/mol. The average Bonchev–Trinajstić information content (AvgIpc) is 3.07. The normalized spacial score (nSPS) is 24.1. The first-order valence-corrected chi connectivity index (χ1v) is 11.1. The van der Waals surface area contributed by atoms with Crippen molar-refractivity contribution in [3.05, 3.63) is 46.1 Å². The highest BCUT2D eigenvalue weighted by Gasteiger charge is 2.35. The molecule has 1 unspecified atom stereocenters. The summed E-state index contributed by atoms with van der Waals surface area (Å²) in [5.74, 6) is 0.287. The fraction of sp³-hybridized carbons (Fsp3) is 0.500. The molecule has 1 aliphatic heterocycles. The van der Waals surface area contributed by atoms with Crippen molar-refractivity contribution in [3.63, 3.8) is 0 Å². The molecular formula is C22H27N3O3S. The molecular weight excluding hydrogens is 386 g/mol. The molecule has 3 atom stereocenters. The number of likely N-dealkylation sites (tertiary alicyclic amines) is 1. The van der Waals surface area contributed by atoms with Gasteiger partial charge in [-0.05, 0) is 62.6 Å². The van der Waals surface area contributed by atoms with Crippen molar-refractivity contribution >= 4 is 28.2 Å². The van der Waals surface area contributed by atoms with Crippen LogP contribution in [0, 0.1) is 5.92 Å². The van der Waals surface area contributed by atoms with Crippen molar-refractivity contribution in [1.29, 1.82) is 0 Å². The number of nitrogens with one attached hydrogen (secondary N) is 1. The van der Waals surface area contributed by atoms with E-state index in [9.17, 15) is 14.7 Å². The SMILES string of the molecule is C[C@H]1CCN(C(=O)c2c(NC(=O)c3cccnc3)sc3c2CCCC3O)[C@@H](C)C1. The molecule has 0 saturated carbocycles. The lowest BCUT2D eigenvalue weighted by Crippen LogP contribution is -2.44. The number of thiophene rings is 1. The maximum absolute atomic E-state index is 13.6. The number of aromatic nitrogens is 1. The molecule has 29 heavy (non-hydrogen) atoms. The van der Waals surface area contributed by atoms with Crippen LogP contribution in [0.4, 0.5) is 5.00 Å². The van der Waals surface area contributed by atoms with Gasteiger partial charge < -0.3 is 15.3 Å². The van der Waals surface area contributed by atoms with Gasteiger partial charge in [0.1, 0.15) is 5.00 Å². The Labute approximate surface area is 175 Å². The smallest absolute Gasteiger partial charge is 0.257 e. The molecule has 1 saturated heterocycles. The Hall–Kier alpha value is -2.25. The maximum atomic E-state index is 13.6. The Morgan fingerprint density at radius 3 is 2.86 bits per heavy atom. The third kappa shape index (κ3) is 3.94. The molecule has 1 aliphatic carbocycles. The van der Waals surface area contributed by atoms with Crippen LogP contribution in [0.15, 0.2) is 24.5 Å². The topological polar surface area (TPSA) is 82.5 Å². The largest absolute Gasteiger partial charge is 0.388 e. The standard InChI is InChI=1S/C22H27N3O3S/c1-13-8-10-25(14(2)11-13)22(28)18-16-6-3-7-17(26)19(16)29-21(18)24-20(27)15-5-4-9-23-12-15/h4-5,9,12-14,17,26H,3,6-8,10-11H2,1-2H3,(H,24,27)/t13-,14-,17?/m0/s1. The molecule has 6 nitrogen and oxygen atoms in total. The third-order valence-corrected chi connectivity index (χ3v) is 7.26. The summed E-state index contributed by atoms with van der Waals surface area (Å²) in [7, 11) is 0. The molecule has 2 aromatic heterocycles. The number of fused-ring (bicyclic) bond motifs is 1. The van der Waals surface area contributed by atoms with E-state index in [0.29, 0.717) is 28.5 Å². The molecule has 0 radical (unpaired) electrons. The zero-order chi connectivity index (χ0) is 20.5. The van der Waals surface area contributed by atoms with E-state index < -0.39 is 6.10 Å². The zero-order valence-corrected chi connectivity index (χ0v) is 17.7. The van der Waals surface area contributed by atoms with Crippen LogP contribution in [0.3, 0.4) is 0 Å². The van der Waals surface area contributed by atoms with Gasteiger partial charge in [-0.2, -0.15) is 0 Å². The van der Waals surface area contributed by atoms with Gasteiger partial charge in [0, 0.05) is 29.9 Å². The second-order valence-corrected chi connectivity index (χ2v) is 9.28. The number of hydrogen-bond donors (Lipinski definition) is 2. The molecule has 2 aromatic rings. The molecule has 3 heterocycles. The van der Waals surface area contributed by atoms with Crippen molar-refractivity contribution in [2.24, 2.45) is 5.92 Å². The highest BCUT2D eigenvalue weighted by molar-refractivity contribution is 7.17. The van der Waals surface area contributed by atoms with Crippen LogP contribution in [0.1, 0.15) is 76.8 Å². The van der Waals surface area contributed by atoms with E-state index in [0.717, 1.165) is 42.7 Å². The van der Waals surface area contributed by atoms with Gasteiger partial charge in [0.15, 0.2) is 0 Å². The first kappa shape index (κ1) is 20.0. The van der Waals surface area contributed by atoms with E-state index in [4.69, 9.17) is 0 Å². The minimum Gasteiger partial charge on any atom is -0.388 e. The van der Waals surface area contributed by atoms with Gasteiger partial charge in [0.2, 0.25) is 0 Å². The number of pyridine rings is 1. The number of anilines is 1. The van der Waals surface area contributed by atoms with Gasteiger partial charge >= 0.3 is 0 Å². The molecule has 0 bridgehead atoms. The number of amides is 2. The number of rotatable bonds is 3. The minimum absolute atomic E-state index is 0.0301. The van der Waals surface area contributed by atoms with Crippen LogP contribution in [0.25, 0.3) is 0 Å². The third-order valence-electron chi connectivity index (χ3n) is 6.01. The summed E-state index contributed by atoms with van der Waals surface area (Å²) >= 11 is 1.34. The lowest BCUT2D eigenvalue weighted by Gasteiger charge is -2.37. The number of aliphatic hydroxyl groups is 1. The summed E-state index contributed by atoms with van der Waals surface area (Å²) < 4.78 is 0. The van der Waals surface area contributed by atoms with E-state index in [-0.39, 0.29) is 17.9 Å². The van der Waals surface area contributed by atoms with Crippen LogP contribution in [-0.2, 0) is 6.42 Å². The minimum atomic E-state index is -0.571. The molecule has 2 amide bonds. The first-order valence-electron chi connectivity index (χ1n) is 10.3. The summed E-state index contributed by atoms with van der Waals surface area (Å²) in [6, 6.07) is 3.57. The summed E-state index contributed by atoms with van der Waals surface area (Å²) in [4.78, 5) is 33.1. The fourth-order valence-electron chi connectivity index (χ4n) is 4.44. The van der Waals surface area contributed by atoms with Crippen molar-refractivity contribution in [1.82, 2.24) is 9.88 Å². The number of hydrogen-bond acceptors (Lipinski definition) is 5. The molecule has 154 valence electrons. The molecule has 0 aromatic carbocycles. The molecule has 7 heteroatoms. The van der Waals surface area contributed by atoms with Crippen LogP contribution >= 0.6 is 11.3 Å². The Bertz CT molecular complexity index is 912. The van der Waals surface area contributed by atoms with Gasteiger partial charge in [-0.3, -0.25) is 14.6 Å². The zero-order valence-electron chi connectivity index (χ0n) is 16.9. The summed E-state index contributed by atoms with van der Waals surface area (Å²) in [5, 5.41) is 14.0. The second kappa shape index (κ2) is 8.24. The fourth-order valence-corrected chi connectivity index (χ4v) is 5.70. The monoisotopic (exact) mass is 413 g/mol. The highest BCUT2D eigenvalue weighted by atomic mass is 32.1. The van der Waals surface area contributed by atoms with Gasteiger partial charge in [0.25, 0.3) is 11.8 Å². The predicted octanol–water partition coefficient (Wildman–Crippen LogP) is 4.03. The number of carbonyl (C=O) groups is 2. The summed E-state index contributed by atoms with van der Waals surface area (Å²) in [6.45, 7) is 5.04. The van der Waals surface area contributed by atoms with E-state index >= 15 is 0 Å². The van der Waals surface area contributed by atoms with Gasteiger partial charge in [-0.15, -0.1) is 11.3 Å². The van der Waals surface area contributed by atoms with Gasteiger partial charge in [-0.25, -0.2) is 0 Å². The Morgan fingerprint density at radius 2 is 2.14 bits per heavy atom. The quantitative estimate of drug-likeness (QED) is 0.796.